The number of hydrogen-bond acceptors (Lipinski definition) is 10. The number of fused-ring (bicyclic) bond motifs is 1. The van der Waals surface area contributed by atoms with E-state index in [1.54, 1.807) is 11.3 Å². The van der Waals surface area contributed by atoms with Gasteiger partial charge in [0, 0.05) is 38.4 Å². The topological polar surface area (TPSA) is 92.7 Å². The van der Waals surface area contributed by atoms with Gasteiger partial charge in [0.05, 0.1) is 10.9 Å². The Balaban J connectivity index is 1.27. The summed E-state index contributed by atoms with van der Waals surface area (Å²) in [5.74, 6) is 1.27. The second-order valence-electron chi connectivity index (χ2n) is 6.49. The van der Waals surface area contributed by atoms with E-state index >= 15 is 0 Å². The van der Waals surface area contributed by atoms with E-state index in [4.69, 9.17) is 4.52 Å². The molecule has 1 aliphatic rings. The van der Waals surface area contributed by atoms with Gasteiger partial charge in [-0.2, -0.15) is 9.50 Å². The molecule has 0 saturated carbocycles. The maximum absolute atomic E-state index is 11.9. The predicted octanol–water partition coefficient (Wildman–Crippen LogP) is 2.15. The molecule has 1 atom stereocenters. The van der Waals surface area contributed by atoms with Crippen molar-refractivity contribution in [1.82, 2.24) is 29.6 Å². The highest BCUT2D eigenvalue weighted by Crippen LogP contribution is 2.27. The highest BCUT2D eigenvalue weighted by atomic mass is 32.1. The van der Waals surface area contributed by atoms with E-state index in [-0.39, 0.29) is 11.6 Å². The lowest BCUT2D eigenvalue weighted by Crippen LogP contribution is -2.47. The first kappa shape index (κ1) is 17.5. The van der Waals surface area contributed by atoms with Crippen LogP contribution in [0.4, 0.5) is 5.13 Å². The summed E-state index contributed by atoms with van der Waals surface area (Å²) in [6.45, 7) is 5.39. The van der Waals surface area contributed by atoms with Gasteiger partial charge in [0.1, 0.15) is 0 Å². The van der Waals surface area contributed by atoms with Gasteiger partial charge in [0.15, 0.2) is 0 Å². The van der Waals surface area contributed by atoms with Crippen molar-refractivity contribution in [2.24, 2.45) is 0 Å². The lowest BCUT2D eigenvalue weighted by atomic mass is 10.2. The van der Waals surface area contributed by atoms with Crippen LogP contribution in [0.3, 0.4) is 0 Å². The molecule has 5 rings (SSSR count). The Morgan fingerprint density at radius 1 is 1.21 bits per heavy atom. The quantitative estimate of drug-likeness (QED) is 0.501. The number of thiophene rings is 1. The maximum Gasteiger partial charge on any atom is 0.275 e. The van der Waals surface area contributed by atoms with Gasteiger partial charge >= 0.3 is 0 Å². The molecule has 0 bridgehead atoms. The number of hydrogen-bond donors (Lipinski definition) is 0. The summed E-state index contributed by atoms with van der Waals surface area (Å²) in [5.41, 5.74) is -0.155. The molecule has 1 saturated heterocycles. The zero-order chi connectivity index (χ0) is 19.1. The summed E-state index contributed by atoms with van der Waals surface area (Å²) in [7, 11) is 0. The SMILES string of the molecule is CC(c1nc(-c2cccs2)no1)N1CCN(c2nn3c(=O)ccnc3s2)CC1. The summed E-state index contributed by atoms with van der Waals surface area (Å²) >= 11 is 3.03. The monoisotopic (exact) mass is 415 g/mol. The number of piperazine rings is 1. The van der Waals surface area contributed by atoms with Gasteiger partial charge in [-0.05, 0) is 18.4 Å². The van der Waals surface area contributed by atoms with Crippen LogP contribution >= 0.6 is 22.7 Å². The number of rotatable bonds is 4. The molecule has 28 heavy (non-hydrogen) atoms. The Hall–Kier alpha value is -2.63. The normalized spacial score (nSPS) is 16.7. The minimum Gasteiger partial charge on any atom is -0.344 e. The average Bonchev–Trinajstić information content (AvgIpc) is 3.47. The van der Waals surface area contributed by atoms with Crippen molar-refractivity contribution in [1.29, 1.82) is 0 Å². The first-order valence-electron chi connectivity index (χ1n) is 8.90. The lowest BCUT2D eigenvalue weighted by molar-refractivity contribution is 0.164. The fourth-order valence-electron chi connectivity index (χ4n) is 3.23. The Labute approximate surface area is 167 Å². The smallest absolute Gasteiger partial charge is 0.275 e. The first-order chi connectivity index (χ1) is 13.7. The van der Waals surface area contributed by atoms with E-state index in [1.807, 2.05) is 17.5 Å². The predicted molar refractivity (Wildman–Crippen MR) is 107 cm³/mol. The fourth-order valence-corrected chi connectivity index (χ4v) is 4.81. The fraction of sp³-hybridized carbons (Fsp3) is 0.353. The van der Waals surface area contributed by atoms with Gasteiger partial charge in [-0.1, -0.05) is 22.6 Å². The van der Waals surface area contributed by atoms with Crippen LogP contribution in [0, 0.1) is 0 Å². The second-order valence-corrected chi connectivity index (χ2v) is 8.38. The van der Waals surface area contributed by atoms with Crippen LogP contribution in [-0.4, -0.2) is 55.8 Å². The van der Waals surface area contributed by atoms with E-state index < -0.39 is 0 Å². The van der Waals surface area contributed by atoms with E-state index in [2.05, 4.69) is 36.9 Å². The number of nitrogens with zero attached hydrogens (tertiary/aromatic N) is 7. The van der Waals surface area contributed by atoms with Crippen LogP contribution in [0.1, 0.15) is 18.9 Å². The molecule has 0 aliphatic carbocycles. The van der Waals surface area contributed by atoms with Crippen molar-refractivity contribution in [2.75, 3.05) is 31.1 Å². The van der Waals surface area contributed by atoms with Crippen LogP contribution in [0.2, 0.25) is 0 Å². The van der Waals surface area contributed by atoms with Crippen molar-refractivity contribution >= 4 is 32.8 Å². The molecule has 9 nitrogen and oxygen atoms in total. The molecule has 4 aromatic heterocycles. The summed E-state index contributed by atoms with van der Waals surface area (Å²) < 4.78 is 6.86. The summed E-state index contributed by atoms with van der Waals surface area (Å²) in [5, 5.41) is 11.4. The maximum atomic E-state index is 11.9. The standard InChI is InChI=1S/C17H17N7O2S2/c1-11(15-19-14(21-26-15)12-3-2-10-27-12)22-6-8-23(9-7-22)17-20-24-13(25)4-5-18-16(24)28-17/h2-5,10-11H,6-9H2,1H3. The van der Waals surface area contributed by atoms with Gasteiger partial charge in [-0.25, -0.2) is 4.98 Å². The largest absolute Gasteiger partial charge is 0.344 e. The minimum absolute atomic E-state index is 0.0445. The third-order valence-corrected chi connectivity index (χ3v) is 6.68. The van der Waals surface area contributed by atoms with Crippen molar-refractivity contribution in [2.45, 2.75) is 13.0 Å². The molecule has 0 amide bonds. The Morgan fingerprint density at radius 2 is 2.07 bits per heavy atom. The molecule has 1 fully saturated rings. The van der Waals surface area contributed by atoms with Gasteiger partial charge in [0.2, 0.25) is 21.8 Å². The molecular weight excluding hydrogens is 398 g/mol. The molecule has 1 aliphatic heterocycles. The zero-order valence-corrected chi connectivity index (χ0v) is 16.7. The molecule has 11 heteroatoms. The van der Waals surface area contributed by atoms with E-state index in [0.717, 1.165) is 36.2 Å². The highest BCUT2D eigenvalue weighted by Gasteiger charge is 2.27. The summed E-state index contributed by atoms with van der Waals surface area (Å²) in [6, 6.07) is 5.43. The van der Waals surface area contributed by atoms with E-state index in [9.17, 15) is 4.79 Å². The van der Waals surface area contributed by atoms with E-state index in [0.29, 0.717) is 16.7 Å². The van der Waals surface area contributed by atoms with Crippen molar-refractivity contribution in [3.63, 3.8) is 0 Å². The number of anilines is 1. The molecule has 4 aromatic rings. The summed E-state index contributed by atoms with van der Waals surface area (Å²) in [6.07, 6.45) is 1.52. The van der Waals surface area contributed by atoms with Crippen molar-refractivity contribution in [3.8, 4) is 10.7 Å². The Kier molecular flexibility index (Phi) is 4.41. The molecule has 0 aromatic carbocycles. The van der Waals surface area contributed by atoms with Crippen LogP contribution in [-0.2, 0) is 0 Å². The molecule has 0 radical (unpaired) electrons. The van der Waals surface area contributed by atoms with Crippen LogP contribution in [0.15, 0.2) is 39.1 Å². The van der Waals surface area contributed by atoms with Crippen molar-refractivity contribution in [3.05, 3.63) is 46.0 Å². The summed E-state index contributed by atoms with van der Waals surface area (Å²) in [4.78, 5) is 26.8. The zero-order valence-electron chi connectivity index (χ0n) is 15.1. The van der Waals surface area contributed by atoms with Gasteiger partial charge in [-0.3, -0.25) is 9.69 Å². The molecule has 0 spiro atoms. The van der Waals surface area contributed by atoms with Crippen molar-refractivity contribution < 1.29 is 4.52 Å². The van der Waals surface area contributed by atoms with Crippen LogP contribution in [0.25, 0.3) is 15.7 Å². The first-order valence-corrected chi connectivity index (χ1v) is 10.6. The van der Waals surface area contributed by atoms with Gasteiger partial charge < -0.3 is 9.42 Å². The lowest BCUT2D eigenvalue weighted by Gasteiger charge is -2.36. The van der Waals surface area contributed by atoms with Crippen LogP contribution in [0.5, 0.6) is 0 Å². The molecule has 1 unspecified atom stereocenters. The Morgan fingerprint density at radius 3 is 2.82 bits per heavy atom. The molecular formula is C17H17N7O2S2. The molecule has 144 valence electrons. The molecule has 0 N–H and O–H groups in total. The molecule has 5 heterocycles. The Bertz CT molecular complexity index is 1140. The average molecular weight is 416 g/mol. The third kappa shape index (κ3) is 3.11. The van der Waals surface area contributed by atoms with Crippen LogP contribution < -0.4 is 10.5 Å². The minimum atomic E-state index is -0.155. The van der Waals surface area contributed by atoms with Gasteiger partial charge in [-0.15, -0.1) is 16.4 Å². The number of aromatic nitrogens is 5. The second kappa shape index (κ2) is 7.08. The van der Waals surface area contributed by atoms with Gasteiger partial charge in [0.25, 0.3) is 5.56 Å². The van der Waals surface area contributed by atoms with E-state index in [1.165, 1.54) is 28.1 Å². The highest BCUT2D eigenvalue weighted by molar-refractivity contribution is 7.20. The third-order valence-electron chi connectivity index (χ3n) is 4.83.